The van der Waals surface area contributed by atoms with E-state index in [9.17, 15) is 19.5 Å². The van der Waals surface area contributed by atoms with Gasteiger partial charge in [-0.25, -0.2) is 0 Å². The fourth-order valence-corrected chi connectivity index (χ4v) is 3.42. The largest absolute Gasteiger partial charge is 0.481 e. The van der Waals surface area contributed by atoms with Crippen LogP contribution in [0.1, 0.15) is 64.5 Å². The fraction of sp³-hybridized carbons (Fsp3) is 0.464. The second-order valence-electron chi connectivity index (χ2n) is 8.62. The van der Waals surface area contributed by atoms with Crippen molar-refractivity contribution in [2.24, 2.45) is 11.8 Å². The van der Waals surface area contributed by atoms with Crippen LogP contribution in [0, 0.1) is 11.8 Å². The minimum absolute atomic E-state index is 0.155. The zero-order valence-electron chi connectivity index (χ0n) is 21.0. The molecule has 186 valence electrons. The summed E-state index contributed by atoms with van der Waals surface area (Å²) >= 11 is 0. The molecule has 2 aromatic carbocycles. The molecular formula is C28H40N2O4. The van der Waals surface area contributed by atoms with Crippen molar-refractivity contribution < 1.29 is 19.5 Å². The van der Waals surface area contributed by atoms with Crippen LogP contribution in [0.5, 0.6) is 0 Å². The van der Waals surface area contributed by atoms with E-state index in [-0.39, 0.29) is 24.8 Å². The Bertz CT molecular complexity index is 866. The highest BCUT2D eigenvalue weighted by Crippen LogP contribution is 2.20. The molecule has 2 amide bonds. The maximum absolute atomic E-state index is 12.7. The topological polar surface area (TPSA) is 95.5 Å². The Hall–Kier alpha value is -3.15. The SMILES string of the molecule is CCC.CCCc1ccc(CC[C@H](CC(C)C(=O)O)C(=O)NCC(=O)Nc2ccccc2)cc1. The molecule has 2 rings (SSSR count). The van der Waals surface area contributed by atoms with Crippen molar-refractivity contribution in [3.8, 4) is 0 Å². The lowest BCUT2D eigenvalue weighted by Crippen LogP contribution is -2.38. The molecule has 0 heterocycles. The monoisotopic (exact) mass is 468 g/mol. The first-order valence-electron chi connectivity index (χ1n) is 12.2. The summed E-state index contributed by atoms with van der Waals surface area (Å²) in [5, 5.41) is 14.7. The zero-order chi connectivity index (χ0) is 25.3. The van der Waals surface area contributed by atoms with Crippen LogP contribution in [0.25, 0.3) is 0 Å². The van der Waals surface area contributed by atoms with Gasteiger partial charge in [-0.2, -0.15) is 0 Å². The first kappa shape index (κ1) is 28.9. The van der Waals surface area contributed by atoms with E-state index in [2.05, 4.69) is 55.7 Å². The van der Waals surface area contributed by atoms with Crippen molar-refractivity contribution >= 4 is 23.5 Å². The molecule has 0 bridgehead atoms. The summed E-state index contributed by atoms with van der Waals surface area (Å²) in [5.74, 6) is -2.66. The van der Waals surface area contributed by atoms with Crippen LogP contribution in [0.15, 0.2) is 54.6 Å². The van der Waals surface area contributed by atoms with Crippen molar-refractivity contribution in [3.63, 3.8) is 0 Å². The smallest absolute Gasteiger partial charge is 0.306 e. The minimum Gasteiger partial charge on any atom is -0.481 e. The van der Waals surface area contributed by atoms with E-state index in [4.69, 9.17) is 0 Å². The highest BCUT2D eigenvalue weighted by molar-refractivity contribution is 5.94. The molecule has 1 unspecified atom stereocenters. The number of carbonyl (C=O) groups is 3. The maximum Gasteiger partial charge on any atom is 0.306 e. The van der Waals surface area contributed by atoms with Crippen LogP contribution in [0.4, 0.5) is 5.69 Å². The Kier molecular flexibility index (Phi) is 14.0. The van der Waals surface area contributed by atoms with Gasteiger partial charge in [-0.15, -0.1) is 0 Å². The third kappa shape index (κ3) is 11.6. The number of hydrogen-bond acceptors (Lipinski definition) is 3. The number of aryl methyl sites for hydroxylation is 2. The molecule has 3 N–H and O–H groups in total. The number of carboxylic acids is 1. The molecule has 0 radical (unpaired) electrons. The molecule has 0 saturated carbocycles. The lowest BCUT2D eigenvalue weighted by Gasteiger charge is -2.19. The van der Waals surface area contributed by atoms with Crippen LogP contribution in [-0.4, -0.2) is 29.4 Å². The molecule has 0 aromatic heterocycles. The van der Waals surface area contributed by atoms with Crippen LogP contribution in [0.3, 0.4) is 0 Å². The average Bonchev–Trinajstić information content (AvgIpc) is 2.82. The molecule has 0 saturated heterocycles. The van der Waals surface area contributed by atoms with Crippen LogP contribution in [0.2, 0.25) is 0 Å². The van der Waals surface area contributed by atoms with E-state index >= 15 is 0 Å². The molecule has 0 aliphatic rings. The molecular weight excluding hydrogens is 428 g/mol. The van der Waals surface area contributed by atoms with Crippen LogP contribution in [-0.2, 0) is 27.2 Å². The molecule has 6 nitrogen and oxygen atoms in total. The normalized spacial score (nSPS) is 12.0. The average molecular weight is 469 g/mol. The lowest BCUT2D eigenvalue weighted by molar-refractivity contribution is -0.142. The molecule has 0 fully saturated rings. The number of rotatable bonds is 12. The Morgan fingerprint density at radius 1 is 0.882 bits per heavy atom. The van der Waals surface area contributed by atoms with Crippen molar-refractivity contribution in [3.05, 3.63) is 65.7 Å². The summed E-state index contributed by atoms with van der Waals surface area (Å²) in [6.07, 6.45) is 4.80. The number of carboxylic acid groups (broad SMARTS) is 1. The van der Waals surface area contributed by atoms with Crippen LogP contribution >= 0.6 is 0 Å². The number of nitrogens with one attached hydrogen (secondary N) is 2. The first-order chi connectivity index (χ1) is 16.3. The first-order valence-corrected chi connectivity index (χ1v) is 12.2. The van der Waals surface area contributed by atoms with E-state index in [0.717, 1.165) is 18.4 Å². The highest BCUT2D eigenvalue weighted by atomic mass is 16.4. The molecule has 6 heteroatoms. The van der Waals surface area contributed by atoms with Crippen molar-refractivity contribution in [1.82, 2.24) is 5.32 Å². The van der Waals surface area contributed by atoms with Gasteiger partial charge in [0, 0.05) is 11.6 Å². The standard InChI is InChI=1S/C25H32N2O4.C3H8/c1-3-7-19-10-12-20(13-11-19)14-15-21(16-18(2)25(30)31)24(29)26-17-23(28)27-22-8-5-4-6-9-22;1-3-2/h4-6,8-13,18,21H,3,7,14-17H2,1-2H3,(H,26,29)(H,27,28)(H,30,31);3H2,1-2H3/t18?,21-;/m1./s1. The number of aliphatic carboxylic acids is 1. The molecule has 0 aliphatic heterocycles. The van der Waals surface area contributed by atoms with Gasteiger partial charge in [0.25, 0.3) is 0 Å². The Morgan fingerprint density at radius 3 is 1.97 bits per heavy atom. The number of anilines is 1. The van der Waals surface area contributed by atoms with Gasteiger partial charge in [0.15, 0.2) is 0 Å². The van der Waals surface area contributed by atoms with E-state index in [1.165, 1.54) is 12.0 Å². The highest BCUT2D eigenvalue weighted by Gasteiger charge is 2.24. The molecule has 2 atom stereocenters. The van der Waals surface area contributed by atoms with Crippen molar-refractivity contribution in [1.29, 1.82) is 0 Å². The number of hydrogen-bond donors (Lipinski definition) is 3. The van der Waals surface area contributed by atoms with Gasteiger partial charge in [-0.3, -0.25) is 14.4 Å². The van der Waals surface area contributed by atoms with Crippen molar-refractivity contribution in [2.75, 3.05) is 11.9 Å². The predicted octanol–water partition coefficient (Wildman–Crippen LogP) is 5.47. The summed E-state index contributed by atoms with van der Waals surface area (Å²) in [7, 11) is 0. The van der Waals surface area contributed by atoms with Crippen LogP contribution < -0.4 is 10.6 Å². The minimum atomic E-state index is -0.927. The van der Waals surface area contributed by atoms with Gasteiger partial charge in [-0.05, 0) is 48.9 Å². The predicted molar refractivity (Wildman–Crippen MR) is 138 cm³/mol. The summed E-state index contributed by atoms with van der Waals surface area (Å²) < 4.78 is 0. The summed E-state index contributed by atoms with van der Waals surface area (Å²) in [6, 6.07) is 17.3. The molecule has 0 spiro atoms. The zero-order valence-corrected chi connectivity index (χ0v) is 21.0. The number of para-hydroxylation sites is 1. The second kappa shape index (κ2) is 16.5. The molecule has 2 aromatic rings. The van der Waals surface area contributed by atoms with Gasteiger partial charge in [0.2, 0.25) is 11.8 Å². The van der Waals surface area contributed by atoms with E-state index in [0.29, 0.717) is 18.5 Å². The maximum atomic E-state index is 12.7. The molecule has 0 aliphatic carbocycles. The third-order valence-electron chi connectivity index (χ3n) is 5.25. The summed E-state index contributed by atoms with van der Waals surface area (Å²) in [6.45, 7) is 7.84. The summed E-state index contributed by atoms with van der Waals surface area (Å²) in [5.41, 5.74) is 3.05. The lowest BCUT2D eigenvalue weighted by atomic mass is 9.89. The quantitative estimate of drug-likeness (QED) is 0.385. The van der Waals surface area contributed by atoms with Gasteiger partial charge in [-0.1, -0.05) is 83.0 Å². The Morgan fingerprint density at radius 2 is 1.44 bits per heavy atom. The van der Waals surface area contributed by atoms with E-state index < -0.39 is 17.8 Å². The van der Waals surface area contributed by atoms with Gasteiger partial charge >= 0.3 is 5.97 Å². The third-order valence-corrected chi connectivity index (χ3v) is 5.25. The van der Waals surface area contributed by atoms with Gasteiger partial charge in [0.1, 0.15) is 0 Å². The number of benzene rings is 2. The Balaban J connectivity index is 0.00000182. The Labute approximate surface area is 204 Å². The fourth-order valence-electron chi connectivity index (χ4n) is 3.42. The van der Waals surface area contributed by atoms with Gasteiger partial charge in [0.05, 0.1) is 12.5 Å². The summed E-state index contributed by atoms with van der Waals surface area (Å²) in [4.78, 5) is 36.2. The number of amides is 2. The van der Waals surface area contributed by atoms with E-state index in [1.54, 1.807) is 19.1 Å². The second-order valence-corrected chi connectivity index (χ2v) is 8.62. The number of carbonyl (C=O) groups excluding carboxylic acids is 2. The van der Waals surface area contributed by atoms with Gasteiger partial charge < -0.3 is 15.7 Å². The molecule has 34 heavy (non-hydrogen) atoms. The van der Waals surface area contributed by atoms with Crippen molar-refractivity contribution in [2.45, 2.75) is 66.2 Å². The van der Waals surface area contributed by atoms with E-state index in [1.807, 2.05) is 18.2 Å².